The van der Waals surface area contributed by atoms with Gasteiger partial charge in [-0.2, -0.15) is 0 Å². The predicted molar refractivity (Wildman–Crippen MR) is 86.1 cm³/mol. The Hall–Kier alpha value is -1.00. The first-order valence-electron chi connectivity index (χ1n) is 7.10. The van der Waals surface area contributed by atoms with Gasteiger partial charge in [-0.15, -0.1) is 11.8 Å². The third-order valence-electron chi connectivity index (χ3n) is 2.85. The van der Waals surface area contributed by atoms with Gasteiger partial charge in [0, 0.05) is 18.9 Å². The summed E-state index contributed by atoms with van der Waals surface area (Å²) in [5.41, 5.74) is 2.59. The largest absolute Gasteiger partial charge is 0.379 e. The Morgan fingerprint density at radius 1 is 1.35 bits per heavy atom. The SMILES string of the molecule is Cc1ccccc1CSCC(=O)NCCCOC(C)C. The fourth-order valence-electron chi connectivity index (χ4n) is 1.70. The Morgan fingerprint density at radius 2 is 2.10 bits per heavy atom. The summed E-state index contributed by atoms with van der Waals surface area (Å²) >= 11 is 1.65. The molecule has 0 bridgehead atoms. The van der Waals surface area contributed by atoms with Crippen LogP contribution in [0.15, 0.2) is 24.3 Å². The molecule has 4 heteroatoms. The quantitative estimate of drug-likeness (QED) is 0.711. The fourth-order valence-corrected chi connectivity index (χ4v) is 2.63. The van der Waals surface area contributed by atoms with Crippen LogP contribution in [0.4, 0.5) is 0 Å². The molecule has 0 heterocycles. The monoisotopic (exact) mass is 295 g/mol. The summed E-state index contributed by atoms with van der Waals surface area (Å²) in [5.74, 6) is 1.50. The van der Waals surface area contributed by atoms with Gasteiger partial charge in [-0.1, -0.05) is 24.3 Å². The summed E-state index contributed by atoms with van der Waals surface area (Å²) in [4.78, 5) is 11.6. The molecule has 1 aromatic rings. The van der Waals surface area contributed by atoms with Crippen molar-refractivity contribution in [1.82, 2.24) is 5.32 Å². The van der Waals surface area contributed by atoms with Crippen molar-refractivity contribution in [2.45, 2.75) is 39.0 Å². The number of ether oxygens (including phenoxy) is 1. The fraction of sp³-hybridized carbons (Fsp3) is 0.562. The summed E-state index contributed by atoms with van der Waals surface area (Å²) in [6, 6.07) is 8.29. The average Bonchev–Trinajstić information content (AvgIpc) is 2.40. The number of rotatable bonds is 9. The molecule has 0 aliphatic heterocycles. The molecule has 1 amide bonds. The highest BCUT2D eigenvalue weighted by molar-refractivity contribution is 7.99. The Bertz CT molecular complexity index is 407. The highest BCUT2D eigenvalue weighted by atomic mass is 32.2. The molecular weight excluding hydrogens is 270 g/mol. The van der Waals surface area contributed by atoms with E-state index < -0.39 is 0 Å². The molecule has 0 fully saturated rings. The van der Waals surface area contributed by atoms with Crippen molar-refractivity contribution in [2.24, 2.45) is 0 Å². The summed E-state index contributed by atoms with van der Waals surface area (Å²) in [6.07, 6.45) is 1.13. The Balaban J connectivity index is 2.07. The molecular formula is C16H25NO2S. The van der Waals surface area contributed by atoms with E-state index >= 15 is 0 Å². The van der Waals surface area contributed by atoms with Crippen LogP contribution in [-0.4, -0.2) is 30.9 Å². The zero-order chi connectivity index (χ0) is 14.8. The molecule has 0 aromatic heterocycles. The molecule has 1 rings (SSSR count). The number of carbonyl (C=O) groups excluding carboxylic acids is 1. The van der Waals surface area contributed by atoms with E-state index in [1.807, 2.05) is 26.0 Å². The van der Waals surface area contributed by atoms with Crippen LogP contribution in [0.1, 0.15) is 31.4 Å². The number of amides is 1. The maximum atomic E-state index is 11.6. The first kappa shape index (κ1) is 17.1. The van der Waals surface area contributed by atoms with Crippen LogP contribution in [0.25, 0.3) is 0 Å². The number of benzene rings is 1. The van der Waals surface area contributed by atoms with Gasteiger partial charge in [0.2, 0.25) is 5.91 Å². The summed E-state index contributed by atoms with van der Waals surface area (Å²) in [6.45, 7) is 7.52. The Labute approximate surface area is 126 Å². The standard InChI is InChI=1S/C16H25NO2S/c1-13(2)19-10-6-9-17-16(18)12-20-11-15-8-5-4-7-14(15)3/h4-5,7-8,13H,6,9-12H2,1-3H3,(H,17,18). The van der Waals surface area contributed by atoms with E-state index in [1.54, 1.807) is 11.8 Å². The minimum Gasteiger partial charge on any atom is -0.379 e. The minimum atomic E-state index is 0.105. The summed E-state index contributed by atoms with van der Waals surface area (Å²) in [5, 5.41) is 2.92. The van der Waals surface area contributed by atoms with Crippen molar-refractivity contribution in [1.29, 1.82) is 0 Å². The maximum Gasteiger partial charge on any atom is 0.230 e. The van der Waals surface area contributed by atoms with E-state index in [4.69, 9.17) is 4.74 Å². The van der Waals surface area contributed by atoms with Crippen molar-refractivity contribution in [3.8, 4) is 0 Å². The van der Waals surface area contributed by atoms with Crippen LogP contribution < -0.4 is 5.32 Å². The molecule has 0 radical (unpaired) electrons. The molecule has 0 aliphatic rings. The number of hydrogen-bond donors (Lipinski definition) is 1. The molecule has 0 aliphatic carbocycles. The molecule has 3 nitrogen and oxygen atoms in total. The van der Waals surface area contributed by atoms with Crippen LogP contribution >= 0.6 is 11.8 Å². The smallest absolute Gasteiger partial charge is 0.230 e. The van der Waals surface area contributed by atoms with Gasteiger partial charge in [0.15, 0.2) is 0 Å². The number of thioether (sulfide) groups is 1. The normalized spacial score (nSPS) is 10.8. The van der Waals surface area contributed by atoms with Crippen molar-refractivity contribution >= 4 is 17.7 Å². The third-order valence-corrected chi connectivity index (χ3v) is 3.83. The molecule has 0 saturated heterocycles. The summed E-state index contributed by atoms with van der Waals surface area (Å²) in [7, 11) is 0. The zero-order valence-electron chi connectivity index (χ0n) is 12.6. The predicted octanol–water partition coefficient (Wildman–Crippen LogP) is 3.16. The van der Waals surface area contributed by atoms with Crippen LogP contribution in [0.2, 0.25) is 0 Å². The second-order valence-corrected chi connectivity index (χ2v) is 6.03. The topological polar surface area (TPSA) is 38.3 Å². The van der Waals surface area contributed by atoms with Crippen molar-refractivity contribution in [2.75, 3.05) is 18.9 Å². The molecule has 0 atom stereocenters. The Kier molecular flexibility index (Phi) is 8.38. The number of aryl methyl sites for hydroxylation is 1. The lowest BCUT2D eigenvalue weighted by Gasteiger charge is -2.08. The lowest BCUT2D eigenvalue weighted by atomic mass is 10.1. The van der Waals surface area contributed by atoms with Gasteiger partial charge in [0.1, 0.15) is 0 Å². The highest BCUT2D eigenvalue weighted by Gasteiger charge is 2.03. The van der Waals surface area contributed by atoms with Crippen LogP contribution in [-0.2, 0) is 15.3 Å². The van der Waals surface area contributed by atoms with Crippen molar-refractivity contribution < 1.29 is 9.53 Å². The van der Waals surface area contributed by atoms with Gasteiger partial charge in [0.05, 0.1) is 11.9 Å². The van der Waals surface area contributed by atoms with Crippen LogP contribution in [0, 0.1) is 6.92 Å². The van der Waals surface area contributed by atoms with Crippen molar-refractivity contribution in [3.63, 3.8) is 0 Å². The van der Waals surface area contributed by atoms with E-state index in [1.165, 1.54) is 11.1 Å². The average molecular weight is 295 g/mol. The second-order valence-electron chi connectivity index (χ2n) is 5.04. The van der Waals surface area contributed by atoms with Gasteiger partial charge in [-0.05, 0) is 38.3 Å². The molecule has 1 N–H and O–H groups in total. The second kappa shape index (κ2) is 9.83. The number of hydrogen-bond acceptors (Lipinski definition) is 3. The molecule has 1 aromatic carbocycles. The first-order chi connectivity index (χ1) is 9.59. The zero-order valence-corrected chi connectivity index (χ0v) is 13.5. The molecule has 0 unspecified atom stereocenters. The van der Waals surface area contributed by atoms with E-state index in [0.29, 0.717) is 18.9 Å². The van der Waals surface area contributed by atoms with Crippen LogP contribution in [0.3, 0.4) is 0 Å². The van der Waals surface area contributed by atoms with E-state index in [9.17, 15) is 4.79 Å². The number of nitrogens with one attached hydrogen (secondary N) is 1. The first-order valence-corrected chi connectivity index (χ1v) is 8.25. The van der Waals surface area contributed by atoms with Gasteiger partial charge in [0.25, 0.3) is 0 Å². The molecule has 20 heavy (non-hydrogen) atoms. The maximum absolute atomic E-state index is 11.6. The van der Waals surface area contributed by atoms with Crippen LogP contribution in [0.5, 0.6) is 0 Å². The van der Waals surface area contributed by atoms with Gasteiger partial charge < -0.3 is 10.1 Å². The number of carbonyl (C=O) groups is 1. The van der Waals surface area contributed by atoms with E-state index in [-0.39, 0.29) is 12.0 Å². The third kappa shape index (κ3) is 7.56. The lowest BCUT2D eigenvalue weighted by Crippen LogP contribution is -2.27. The van der Waals surface area contributed by atoms with Gasteiger partial charge in [-0.25, -0.2) is 0 Å². The molecule has 0 saturated carbocycles. The van der Waals surface area contributed by atoms with Crippen molar-refractivity contribution in [3.05, 3.63) is 35.4 Å². The molecule has 112 valence electrons. The minimum absolute atomic E-state index is 0.105. The highest BCUT2D eigenvalue weighted by Crippen LogP contribution is 2.15. The van der Waals surface area contributed by atoms with E-state index in [2.05, 4.69) is 24.4 Å². The van der Waals surface area contributed by atoms with E-state index in [0.717, 1.165) is 12.2 Å². The molecule has 0 spiro atoms. The Morgan fingerprint density at radius 3 is 2.80 bits per heavy atom. The van der Waals surface area contributed by atoms with Gasteiger partial charge >= 0.3 is 0 Å². The van der Waals surface area contributed by atoms with Gasteiger partial charge in [-0.3, -0.25) is 4.79 Å². The lowest BCUT2D eigenvalue weighted by molar-refractivity contribution is -0.118. The summed E-state index contributed by atoms with van der Waals surface area (Å²) < 4.78 is 5.42.